The zero-order valence-electron chi connectivity index (χ0n) is 7.95. The molecule has 0 saturated heterocycles. The maximum absolute atomic E-state index is 4.39. The third-order valence-corrected chi connectivity index (χ3v) is 2.39. The highest BCUT2D eigenvalue weighted by molar-refractivity contribution is 5.66. The van der Waals surface area contributed by atoms with E-state index in [0.717, 1.165) is 25.5 Å². The van der Waals surface area contributed by atoms with Gasteiger partial charge in [0.2, 0.25) is 0 Å². The summed E-state index contributed by atoms with van der Waals surface area (Å²) in [6.07, 6.45) is 3.04. The molecule has 1 N–H and O–H groups in total. The van der Waals surface area contributed by atoms with E-state index in [0.29, 0.717) is 0 Å². The van der Waals surface area contributed by atoms with Crippen molar-refractivity contribution >= 4 is 11.5 Å². The van der Waals surface area contributed by atoms with E-state index in [9.17, 15) is 0 Å². The molecule has 0 radical (unpaired) electrons. The average Bonchev–Trinajstić information content (AvgIpc) is 2.39. The highest BCUT2D eigenvalue weighted by Crippen LogP contribution is 2.24. The molecule has 0 aliphatic carbocycles. The molecule has 1 aromatic heterocycles. The van der Waals surface area contributed by atoms with E-state index in [1.165, 1.54) is 12.1 Å². The minimum Gasteiger partial charge on any atom is -0.382 e. The van der Waals surface area contributed by atoms with Gasteiger partial charge in [0, 0.05) is 25.8 Å². The van der Waals surface area contributed by atoms with Crippen molar-refractivity contribution in [1.82, 2.24) is 4.98 Å². The first-order valence-electron chi connectivity index (χ1n) is 4.85. The quantitative estimate of drug-likeness (QED) is 0.708. The van der Waals surface area contributed by atoms with Crippen LogP contribution in [0, 0.1) is 0 Å². The van der Waals surface area contributed by atoms with Gasteiger partial charge in [0.25, 0.3) is 0 Å². The van der Waals surface area contributed by atoms with E-state index in [2.05, 4.69) is 28.2 Å². The molecule has 3 nitrogen and oxygen atoms in total. The van der Waals surface area contributed by atoms with Crippen molar-refractivity contribution in [2.45, 2.75) is 13.3 Å². The summed E-state index contributed by atoms with van der Waals surface area (Å²) in [5.74, 6) is 1.10. The molecule has 1 aliphatic rings. The fourth-order valence-corrected chi connectivity index (χ4v) is 1.69. The topological polar surface area (TPSA) is 28.2 Å². The number of hydrogen-bond acceptors (Lipinski definition) is 3. The Hall–Kier alpha value is -1.25. The summed E-state index contributed by atoms with van der Waals surface area (Å²) in [5.41, 5.74) is 1.17. The second-order valence-electron chi connectivity index (χ2n) is 3.23. The van der Waals surface area contributed by atoms with Crippen LogP contribution in [0.25, 0.3) is 0 Å². The van der Waals surface area contributed by atoms with Crippen LogP contribution in [0.2, 0.25) is 0 Å². The minimum absolute atomic E-state index is 1.03. The van der Waals surface area contributed by atoms with E-state index >= 15 is 0 Å². The molecular weight excluding hydrogens is 162 g/mol. The van der Waals surface area contributed by atoms with Crippen LogP contribution in [0.1, 0.15) is 13.3 Å². The van der Waals surface area contributed by atoms with Gasteiger partial charge >= 0.3 is 0 Å². The van der Waals surface area contributed by atoms with Gasteiger partial charge in [-0.2, -0.15) is 0 Å². The summed E-state index contributed by atoms with van der Waals surface area (Å²) in [4.78, 5) is 6.71. The van der Waals surface area contributed by atoms with E-state index in [1.807, 2.05) is 12.3 Å². The van der Waals surface area contributed by atoms with E-state index < -0.39 is 0 Å². The van der Waals surface area contributed by atoms with E-state index in [1.54, 1.807) is 0 Å². The third-order valence-electron chi connectivity index (χ3n) is 2.39. The van der Waals surface area contributed by atoms with Crippen molar-refractivity contribution in [2.24, 2.45) is 0 Å². The van der Waals surface area contributed by atoms with E-state index in [-0.39, 0.29) is 0 Å². The van der Waals surface area contributed by atoms with Crippen molar-refractivity contribution in [3.8, 4) is 0 Å². The number of aromatic nitrogens is 1. The monoisotopic (exact) mass is 177 g/mol. The van der Waals surface area contributed by atoms with Gasteiger partial charge in [0.1, 0.15) is 0 Å². The van der Waals surface area contributed by atoms with Crippen LogP contribution in [-0.2, 0) is 0 Å². The molecule has 2 rings (SSSR count). The second kappa shape index (κ2) is 3.64. The van der Waals surface area contributed by atoms with Gasteiger partial charge in [0.15, 0.2) is 5.82 Å². The summed E-state index contributed by atoms with van der Waals surface area (Å²) in [6, 6.07) is 4.07. The van der Waals surface area contributed by atoms with Gasteiger partial charge in [-0.3, -0.25) is 0 Å². The molecule has 1 aliphatic heterocycles. The molecule has 13 heavy (non-hydrogen) atoms. The molecule has 0 aromatic carbocycles. The highest BCUT2D eigenvalue weighted by Gasteiger charge is 2.13. The Morgan fingerprint density at radius 2 is 2.54 bits per heavy atom. The molecule has 0 bridgehead atoms. The molecule has 0 spiro atoms. The number of nitrogens with zero attached hydrogens (tertiary/aromatic N) is 2. The van der Waals surface area contributed by atoms with Crippen LogP contribution < -0.4 is 10.2 Å². The third kappa shape index (κ3) is 1.59. The van der Waals surface area contributed by atoms with Crippen LogP contribution in [0.3, 0.4) is 0 Å². The van der Waals surface area contributed by atoms with Crippen molar-refractivity contribution in [3.63, 3.8) is 0 Å². The van der Waals surface area contributed by atoms with Crippen LogP contribution in [-0.4, -0.2) is 24.6 Å². The van der Waals surface area contributed by atoms with E-state index in [4.69, 9.17) is 0 Å². The predicted octanol–water partition coefficient (Wildman–Crippen LogP) is 1.72. The molecule has 2 heterocycles. The van der Waals surface area contributed by atoms with Crippen molar-refractivity contribution in [3.05, 3.63) is 18.3 Å². The lowest BCUT2D eigenvalue weighted by atomic mass is 10.3. The Balaban J connectivity index is 2.35. The first kappa shape index (κ1) is 8.35. The van der Waals surface area contributed by atoms with Gasteiger partial charge in [-0.25, -0.2) is 4.98 Å². The van der Waals surface area contributed by atoms with Gasteiger partial charge < -0.3 is 10.2 Å². The van der Waals surface area contributed by atoms with Crippen LogP contribution in [0.4, 0.5) is 11.5 Å². The second-order valence-corrected chi connectivity index (χ2v) is 3.23. The van der Waals surface area contributed by atoms with Crippen molar-refractivity contribution in [1.29, 1.82) is 0 Å². The standard InChI is InChI=1S/C10H15N3/c1-2-13-8-4-7-11-9-5-3-6-12-10(9)13/h3,5-6,11H,2,4,7-8H2,1H3. The van der Waals surface area contributed by atoms with Gasteiger partial charge in [-0.15, -0.1) is 0 Å². The smallest absolute Gasteiger partial charge is 0.151 e. The zero-order valence-corrected chi connectivity index (χ0v) is 7.95. The SMILES string of the molecule is CCN1CCCNc2cccnc21. The van der Waals surface area contributed by atoms with Crippen LogP contribution in [0.15, 0.2) is 18.3 Å². The first-order chi connectivity index (χ1) is 6.42. The zero-order chi connectivity index (χ0) is 9.10. The number of rotatable bonds is 1. The van der Waals surface area contributed by atoms with Crippen molar-refractivity contribution in [2.75, 3.05) is 29.9 Å². The molecule has 0 unspecified atom stereocenters. The molecule has 70 valence electrons. The number of fused-ring (bicyclic) bond motifs is 1. The lowest BCUT2D eigenvalue weighted by Gasteiger charge is -2.20. The van der Waals surface area contributed by atoms with Crippen molar-refractivity contribution < 1.29 is 0 Å². The predicted molar refractivity (Wildman–Crippen MR) is 55.2 cm³/mol. The van der Waals surface area contributed by atoms with Crippen LogP contribution in [0.5, 0.6) is 0 Å². The Kier molecular flexibility index (Phi) is 2.34. The van der Waals surface area contributed by atoms with Gasteiger partial charge in [0.05, 0.1) is 5.69 Å². The van der Waals surface area contributed by atoms with Gasteiger partial charge in [-0.05, 0) is 25.5 Å². The normalized spacial score (nSPS) is 15.9. The highest BCUT2D eigenvalue weighted by atomic mass is 15.2. The molecule has 0 amide bonds. The molecule has 0 fully saturated rings. The maximum Gasteiger partial charge on any atom is 0.151 e. The fourth-order valence-electron chi connectivity index (χ4n) is 1.69. The molecule has 0 atom stereocenters. The number of anilines is 2. The molecule has 1 aromatic rings. The van der Waals surface area contributed by atoms with Crippen LogP contribution >= 0.6 is 0 Å². The molecule has 3 heteroatoms. The first-order valence-corrected chi connectivity index (χ1v) is 4.85. The molecular formula is C10H15N3. The largest absolute Gasteiger partial charge is 0.382 e. The summed E-state index contributed by atoms with van der Waals surface area (Å²) in [6.45, 7) is 5.36. The lowest BCUT2D eigenvalue weighted by molar-refractivity contribution is 0.777. The lowest BCUT2D eigenvalue weighted by Crippen LogP contribution is -2.23. The van der Waals surface area contributed by atoms with Gasteiger partial charge in [-0.1, -0.05) is 0 Å². The maximum atomic E-state index is 4.39. The Labute approximate surface area is 78.8 Å². The minimum atomic E-state index is 1.03. The Morgan fingerprint density at radius 1 is 1.62 bits per heavy atom. The summed E-state index contributed by atoms with van der Waals surface area (Å²) in [7, 11) is 0. The fraction of sp³-hybridized carbons (Fsp3) is 0.500. The number of pyridine rings is 1. The number of hydrogen-bond donors (Lipinski definition) is 1. The average molecular weight is 177 g/mol. The Morgan fingerprint density at radius 3 is 3.38 bits per heavy atom. The molecule has 0 saturated carbocycles. The number of nitrogens with one attached hydrogen (secondary N) is 1. The Bertz CT molecular complexity index is 285. The summed E-state index contributed by atoms with van der Waals surface area (Å²) >= 11 is 0. The summed E-state index contributed by atoms with van der Waals surface area (Å²) < 4.78 is 0. The summed E-state index contributed by atoms with van der Waals surface area (Å²) in [5, 5.41) is 3.39.